The largest absolute Gasteiger partial charge is 0.454 e. The first kappa shape index (κ1) is 22.2. The molecule has 0 saturated carbocycles. The number of carbonyl (C=O) groups excluding carboxylic acids is 3. The molecule has 2 amide bonds. The number of imide groups is 1. The van der Waals surface area contributed by atoms with Crippen LogP contribution < -0.4 is 14.4 Å². The Bertz CT molecular complexity index is 1600. The van der Waals surface area contributed by atoms with E-state index in [1.54, 1.807) is 29.3 Å². The van der Waals surface area contributed by atoms with Gasteiger partial charge in [-0.1, -0.05) is 36.4 Å². The van der Waals surface area contributed by atoms with Crippen molar-refractivity contribution in [3.63, 3.8) is 0 Å². The van der Waals surface area contributed by atoms with Crippen molar-refractivity contribution >= 4 is 35.0 Å². The van der Waals surface area contributed by atoms with Crippen LogP contribution in [0.3, 0.4) is 0 Å². The second-order valence-electron chi connectivity index (χ2n) is 9.55. The highest BCUT2D eigenvalue weighted by Gasteiger charge is 2.64. The number of fused-ring (bicyclic) bond motifs is 6. The maximum atomic E-state index is 14.0. The van der Waals surface area contributed by atoms with Crippen molar-refractivity contribution in [2.24, 2.45) is 11.8 Å². The second kappa shape index (κ2) is 8.01. The Balaban J connectivity index is 1.35. The summed E-state index contributed by atoms with van der Waals surface area (Å²) in [7, 11) is 0. The smallest absolute Gasteiger partial charge is 0.270 e. The van der Waals surface area contributed by atoms with Crippen LogP contribution in [-0.2, 0) is 9.59 Å². The predicted octanol–water partition coefficient (Wildman–Crippen LogP) is 3.72. The fraction of sp³-hybridized carbons (Fsp3) is 0.179. The van der Waals surface area contributed by atoms with Gasteiger partial charge in [-0.25, -0.2) is 4.90 Å². The van der Waals surface area contributed by atoms with Gasteiger partial charge in [-0.05, 0) is 29.3 Å². The van der Waals surface area contributed by atoms with Gasteiger partial charge in [0.15, 0.2) is 17.3 Å². The number of anilines is 1. The summed E-state index contributed by atoms with van der Waals surface area (Å²) in [6.45, 7) is 0.0475. The van der Waals surface area contributed by atoms with E-state index < -0.39 is 46.4 Å². The van der Waals surface area contributed by atoms with Crippen LogP contribution in [0.5, 0.6) is 11.5 Å². The number of hydrogen-bond acceptors (Lipinski definition) is 8. The molecular formula is C28H19N3O7. The third kappa shape index (κ3) is 3.03. The lowest BCUT2D eigenvalue weighted by Crippen LogP contribution is -2.44. The number of nitro groups is 1. The number of ketones is 1. The van der Waals surface area contributed by atoms with E-state index in [9.17, 15) is 24.5 Å². The Morgan fingerprint density at radius 3 is 2.55 bits per heavy atom. The van der Waals surface area contributed by atoms with E-state index in [2.05, 4.69) is 0 Å². The molecule has 2 saturated heterocycles. The lowest BCUT2D eigenvalue weighted by Gasteiger charge is -2.35. The molecule has 188 valence electrons. The minimum Gasteiger partial charge on any atom is -0.454 e. The van der Waals surface area contributed by atoms with Crippen LogP contribution in [-0.4, -0.2) is 40.3 Å². The van der Waals surface area contributed by atoms with Crippen molar-refractivity contribution in [1.82, 2.24) is 4.90 Å². The van der Waals surface area contributed by atoms with Crippen molar-refractivity contribution in [1.29, 1.82) is 0 Å². The Morgan fingerprint density at radius 2 is 1.71 bits per heavy atom. The van der Waals surface area contributed by atoms with Crippen LogP contribution in [0.1, 0.15) is 27.5 Å². The molecule has 2 fully saturated rings. The lowest BCUT2D eigenvalue weighted by molar-refractivity contribution is -0.384. The Hall–Kier alpha value is -4.99. The molecule has 7 rings (SSSR count). The van der Waals surface area contributed by atoms with Gasteiger partial charge in [0, 0.05) is 30.0 Å². The van der Waals surface area contributed by atoms with Crippen molar-refractivity contribution in [2.45, 2.75) is 12.1 Å². The van der Waals surface area contributed by atoms with Crippen LogP contribution in [0.25, 0.3) is 6.08 Å². The molecule has 4 atom stereocenters. The third-order valence-electron chi connectivity index (χ3n) is 7.69. The Kier molecular flexibility index (Phi) is 4.68. The van der Waals surface area contributed by atoms with Gasteiger partial charge >= 0.3 is 0 Å². The Labute approximate surface area is 215 Å². The highest BCUT2D eigenvalue weighted by atomic mass is 16.7. The second-order valence-corrected chi connectivity index (χ2v) is 9.55. The van der Waals surface area contributed by atoms with Crippen LogP contribution >= 0.6 is 0 Å². The molecule has 4 aliphatic rings. The maximum absolute atomic E-state index is 14.0. The number of Topliss-reactive ketones (excluding diaryl/α,β-unsaturated/α-hetero) is 1. The number of benzene rings is 3. The predicted molar refractivity (Wildman–Crippen MR) is 133 cm³/mol. The van der Waals surface area contributed by atoms with Gasteiger partial charge in [0.05, 0.1) is 28.5 Å². The summed E-state index contributed by atoms with van der Waals surface area (Å²) in [5, 5.41) is 11.4. The molecule has 10 nitrogen and oxygen atoms in total. The van der Waals surface area contributed by atoms with Gasteiger partial charge in [-0.15, -0.1) is 0 Å². The quantitative estimate of drug-likeness (QED) is 0.226. The molecule has 0 N–H and O–H groups in total. The summed E-state index contributed by atoms with van der Waals surface area (Å²) in [4.78, 5) is 55.6. The molecular weight excluding hydrogens is 490 g/mol. The molecule has 0 aromatic heterocycles. The molecule has 0 spiro atoms. The normalized spacial score (nSPS) is 24.3. The first-order valence-electron chi connectivity index (χ1n) is 12.0. The first-order valence-corrected chi connectivity index (χ1v) is 12.0. The topological polar surface area (TPSA) is 119 Å². The van der Waals surface area contributed by atoms with Gasteiger partial charge in [0.25, 0.3) is 5.69 Å². The summed E-state index contributed by atoms with van der Waals surface area (Å²) >= 11 is 0. The molecule has 3 aromatic rings. The number of ether oxygens (including phenoxy) is 2. The monoisotopic (exact) mass is 509 g/mol. The SMILES string of the molecule is O=C(c1cccc([N+](=O)[O-])c1)[C@@H]1[C@@H]2C(=O)N(c3ccc4c(c3)OCO4)C(=O)[C@H]2[C@H]2c3ccccc3C=CN12. The summed E-state index contributed by atoms with van der Waals surface area (Å²) < 4.78 is 10.8. The number of carbonyl (C=O) groups is 3. The van der Waals surface area contributed by atoms with Crippen LogP contribution in [0.4, 0.5) is 11.4 Å². The molecule has 38 heavy (non-hydrogen) atoms. The zero-order chi connectivity index (χ0) is 26.1. The number of nitrogens with zero attached hydrogens (tertiary/aromatic N) is 3. The molecule has 4 heterocycles. The number of nitro benzene ring substituents is 1. The molecule has 0 bridgehead atoms. The molecule has 0 radical (unpaired) electrons. The van der Waals surface area contributed by atoms with E-state index in [1.165, 1.54) is 24.3 Å². The third-order valence-corrected chi connectivity index (χ3v) is 7.69. The van der Waals surface area contributed by atoms with Crippen molar-refractivity contribution in [3.05, 3.63) is 99.7 Å². The Morgan fingerprint density at radius 1 is 0.921 bits per heavy atom. The summed E-state index contributed by atoms with van der Waals surface area (Å²) in [6.07, 6.45) is 3.60. The van der Waals surface area contributed by atoms with Gasteiger partial charge in [-0.3, -0.25) is 24.5 Å². The van der Waals surface area contributed by atoms with Crippen molar-refractivity contribution in [2.75, 3.05) is 11.7 Å². The molecule has 10 heteroatoms. The fourth-order valence-corrected chi connectivity index (χ4v) is 6.08. The van der Waals surface area contributed by atoms with E-state index in [1.807, 2.05) is 30.3 Å². The minimum absolute atomic E-state index is 0.0475. The number of non-ortho nitro benzene ring substituents is 1. The van der Waals surface area contributed by atoms with E-state index in [4.69, 9.17) is 9.47 Å². The highest BCUT2D eigenvalue weighted by Crippen LogP contribution is 2.54. The van der Waals surface area contributed by atoms with Crippen LogP contribution in [0.15, 0.2) is 72.9 Å². The van der Waals surface area contributed by atoms with E-state index in [-0.39, 0.29) is 18.0 Å². The van der Waals surface area contributed by atoms with Gasteiger partial charge in [-0.2, -0.15) is 0 Å². The average molecular weight is 509 g/mol. The van der Waals surface area contributed by atoms with Crippen molar-refractivity contribution in [3.8, 4) is 11.5 Å². The molecule has 4 aliphatic heterocycles. The van der Waals surface area contributed by atoms with E-state index in [0.29, 0.717) is 17.2 Å². The van der Waals surface area contributed by atoms with Crippen LogP contribution in [0.2, 0.25) is 0 Å². The minimum atomic E-state index is -1.02. The molecule has 3 aromatic carbocycles. The summed E-state index contributed by atoms with van der Waals surface area (Å²) in [5.41, 5.74) is 1.96. The van der Waals surface area contributed by atoms with E-state index >= 15 is 0 Å². The number of amides is 2. The lowest BCUT2D eigenvalue weighted by atomic mass is 9.83. The summed E-state index contributed by atoms with van der Waals surface area (Å²) in [6, 6.07) is 16.3. The summed E-state index contributed by atoms with van der Waals surface area (Å²) in [5.74, 6) is -2.23. The molecule has 0 aliphatic carbocycles. The van der Waals surface area contributed by atoms with Gasteiger partial charge in [0.2, 0.25) is 18.6 Å². The fourth-order valence-electron chi connectivity index (χ4n) is 6.08. The van der Waals surface area contributed by atoms with Gasteiger partial charge in [0.1, 0.15) is 6.04 Å². The van der Waals surface area contributed by atoms with Gasteiger partial charge < -0.3 is 14.4 Å². The maximum Gasteiger partial charge on any atom is 0.270 e. The number of rotatable bonds is 4. The standard InChI is InChI=1S/C28H19N3O7/c32-26(16-5-3-6-18(12-16)31(35)36)25-23-22(24-19-7-2-1-4-15(19)10-11-29(24)25)27(33)30(28(23)34)17-8-9-20-21(13-17)38-14-37-20/h1-13,22-25H,14H2/t22-,23-,24-,25+/m1/s1. The van der Waals surface area contributed by atoms with Crippen LogP contribution in [0, 0.1) is 22.0 Å². The average Bonchev–Trinajstić information content (AvgIpc) is 3.61. The highest BCUT2D eigenvalue weighted by molar-refractivity contribution is 6.24. The van der Waals surface area contributed by atoms with E-state index in [0.717, 1.165) is 16.0 Å². The molecule has 0 unspecified atom stereocenters. The zero-order valence-electron chi connectivity index (χ0n) is 19.7. The zero-order valence-corrected chi connectivity index (χ0v) is 19.7. The number of hydrogen-bond donors (Lipinski definition) is 0. The first-order chi connectivity index (χ1) is 18.4. The van der Waals surface area contributed by atoms with Crippen molar-refractivity contribution < 1.29 is 28.8 Å².